The Morgan fingerprint density at radius 1 is 1.50 bits per heavy atom. The highest BCUT2D eigenvalue weighted by Crippen LogP contribution is 2.21. The molecule has 4 heteroatoms. The topological polar surface area (TPSA) is 43.1 Å². The predicted octanol–water partition coefficient (Wildman–Crippen LogP) is 2.48. The average molecular weight is 193 g/mol. The zero-order valence-electron chi connectivity index (χ0n) is 7.80. The summed E-state index contributed by atoms with van der Waals surface area (Å²) >= 11 is 0. The van der Waals surface area contributed by atoms with Crippen molar-refractivity contribution in [1.82, 2.24) is 4.98 Å². The fourth-order valence-electron chi connectivity index (χ4n) is 1.34. The van der Waals surface area contributed by atoms with Crippen molar-refractivity contribution in [2.75, 3.05) is 0 Å². The average Bonchev–Trinajstić information content (AvgIpc) is 2.46. The van der Waals surface area contributed by atoms with E-state index < -0.39 is 5.82 Å². The monoisotopic (exact) mass is 193 g/mol. The minimum atomic E-state index is -0.629. The van der Waals surface area contributed by atoms with Crippen molar-refractivity contribution < 1.29 is 13.6 Å². The van der Waals surface area contributed by atoms with Crippen molar-refractivity contribution in [3.8, 4) is 0 Å². The summed E-state index contributed by atoms with van der Waals surface area (Å²) in [6, 6.07) is 2.99. The van der Waals surface area contributed by atoms with Crippen LogP contribution >= 0.6 is 0 Å². The van der Waals surface area contributed by atoms with Crippen LogP contribution in [-0.4, -0.2) is 10.8 Å². The molecule has 0 fully saturated rings. The van der Waals surface area contributed by atoms with E-state index in [0.29, 0.717) is 11.4 Å². The summed E-state index contributed by atoms with van der Waals surface area (Å²) in [4.78, 5) is 15.0. The lowest BCUT2D eigenvalue weighted by molar-refractivity contribution is 0.101. The smallest absolute Gasteiger partial charge is 0.192 e. The Morgan fingerprint density at radius 3 is 2.86 bits per heavy atom. The van der Waals surface area contributed by atoms with E-state index in [0.717, 1.165) is 0 Å². The lowest BCUT2D eigenvalue weighted by atomic mass is 10.1. The molecule has 0 bridgehead atoms. The molecular formula is C10H8FNO2. The van der Waals surface area contributed by atoms with Gasteiger partial charge in [-0.2, -0.15) is 0 Å². The van der Waals surface area contributed by atoms with E-state index in [2.05, 4.69) is 4.98 Å². The molecule has 0 saturated heterocycles. The largest absolute Gasteiger partial charge is 0.438 e. The second-order valence-corrected chi connectivity index (χ2v) is 3.06. The van der Waals surface area contributed by atoms with Crippen molar-refractivity contribution in [2.45, 2.75) is 13.8 Å². The van der Waals surface area contributed by atoms with Crippen LogP contribution in [0.1, 0.15) is 23.2 Å². The number of Topliss-reactive ketones (excluding diaryl/α,β-unsaturated/α-hetero) is 1. The minimum absolute atomic E-state index is 0.0358. The van der Waals surface area contributed by atoms with Gasteiger partial charge in [0.15, 0.2) is 23.1 Å². The third-order valence-electron chi connectivity index (χ3n) is 1.98. The van der Waals surface area contributed by atoms with Gasteiger partial charge in [0.1, 0.15) is 5.52 Å². The number of nitrogens with zero attached hydrogens (tertiary/aromatic N) is 1. The molecule has 0 amide bonds. The maximum atomic E-state index is 13.6. The molecule has 0 N–H and O–H groups in total. The third kappa shape index (κ3) is 1.19. The molecule has 0 radical (unpaired) electrons. The number of halogens is 1. The maximum Gasteiger partial charge on any atom is 0.192 e. The molecule has 72 valence electrons. The highest BCUT2D eigenvalue weighted by Gasteiger charge is 2.14. The molecule has 1 aromatic carbocycles. The van der Waals surface area contributed by atoms with Gasteiger partial charge in [-0.1, -0.05) is 0 Å². The van der Waals surface area contributed by atoms with Crippen molar-refractivity contribution in [3.63, 3.8) is 0 Å². The number of oxazole rings is 1. The lowest BCUT2D eigenvalue weighted by Gasteiger charge is -1.96. The van der Waals surface area contributed by atoms with Crippen LogP contribution in [0.3, 0.4) is 0 Å². The molecule has 0 unspecified atom stereocenters. The molecule has 0 atom stereocenters. The minimum Gasteiger partial charge on any atom is -0.438 e. The molecule has 0 aliphatic heterocycles. The normalized spacial score (nSPS) is 10.8. The van der Waals surface area contributed by atoms with Crippen molar-refractivity contribution in [1.29, 1.82) is 0 Å². The highest BCUT2D eigenvalue weighted by atomic mass is 19.1. The van der Waals surface area contributed by atoms with Crippen molar-refractivity contribution in [2.24, 2.45) is 0 Å². The van der Waals surface area contributed by atoms with Gasteiger partial charge in [0.25, 0.3) is 0 Å². The quantitative estimate of drug-likeness (QED) is 0.653. The van der Waals surface area contributed by atoms with Gasteiger partial charge in [0.05, 0.1) is 5.56 Å². The Morgan fingerprint density at radius 2 is 2.21 bits per heavy atom. The van der Waals surface area contributed by atoms with E-state index in [1.807, 2.05) is 0 Å². The highest BCUT2D eigenvalue weighted by molar-refractivity contribution is 5.97. The molecule has 0 saturated carbocycles. The number of carbonyl (C=O) groups excluding carboxylic acids is 1. The zero-order valence-corrected chi connectivity index (χ0v) is 7.80. The summed E-state index contributed by atoms with van der Waals surface area (Å²) in [7, 11) is 0. The lowest BCUT2D eigenvalue weighted by Crippen LogP contribution is -1.96. The van der Waals surface area contributed by atoms with Crippen LogP contribution in [0.4, 0.5) is 4.39 Å². The number of hydrogen-bond acceptors (Lipinski definition) is 3. The van der Waals surface area contributed by atoms with Gasteiger partial charge < -0.3 is 4.42 Å². The van der Waals surface area contributed by atoms with Crippen LogP contribution in [0.2, 0.25) is 0 Å². The number of aromatic nitrogens is 1. The zero-order chi connectivity index (χ0) is 10.3. The third-order valence-corrected chi connectivity index (χ3v) is 1.98. The number of rotatable bonds is 1. The predicted molar refractivity (Wildman–Crippen MR) is 48.7 cm³/mol. The number of benzene rings is 1. The molecule has 14 heavy (non-hydrogen) atoms. The number of fused-ring (bicyclic) bond motifs is 1. The van der Waals surface area contributed by atoms with Crippen LogP contribution in [0.25, 0.3) is 11.1 Å². The van der Waals surface area contributed by atoms with Crippen molar-refractivity contribution >= 4 is 16.9 Å². The Bertz CT molecular complexity index is 516. The summed E-state index contributed by atoms with van der Waals surface area (Å²) < 4.78 is 18.6. The SMILES string of the molecule is CC(=O)c1ccc2nc(C)oc2c1F. The van der Waals surface area contributed by atoms with E-state index in [1.54, 1.807) is 13.0 Å². The van der Waals surface area contributed by atoms with Crippen LogP contribution < -0.4 is 0 Å². The molecule has 2 aromatic rings. The number of carbonyl (C=O) groups is 1. The molecule has 0 aliphatic carbocycles. The van der Waals surface area contributed by atoms with Gasteiger partial charge in [-0.15, -0.1) is 0 Å². The van der Waals surface area contributed by atoms with Crippen molar-refractivity contribution in [3.05, 3.63) is 29.4 Å². The Hall–Kier alpha value is -1.71. The van der Waals surface area contributed by atoms with Crippen LogP contribution in [0.15, 0.2) is 16.5 Å². The van der Waals surface area contributed by atoms with Gasteiger partial charge in [-0.25, -0.2) is 9.37 Å². The maximum absolute atomic E-state index is 13.6. The molecule has 1 heterocycles. The standard InChI is InChI=1S/C10H8FNO2/c1-5(13)7-3-4-8-10(9(7)11)14-6(2)12-8/h3-4H,1-2H3. The Labute approximate surface area is 79.5 Å². The van der Waals surface area contributed by atoms with Gasteiger partial charge in [0.2, 0.25) is 0 Å². The summed E-state index contributed by atoms with van der Waals surface area (Å²) in [6.45, 7) is 2.94. The number of hydrogen-bond donors (Lipinski definition) is 0. The van der Waals surface area contributed by atoms with E-state index in [9.17, 15) is 9.18 Å². The molecule has 3 nitrogen and oxygen atoms in total. The second kappa shape index (κ2) is 2.90. The molecule has 0 aliphatic rings. The van der Waals surface area contributed by atoms with Crippen LogP contribution in [0.5, 0.6) is 0 Å². The molecule has 1 aromatic heterocycles. The molecule has 2 rings (SSSR count). The van der Waals surface area contributed by atoms with Crippen LogP contribution in [0, 0.1) is 12.7 Å². The molecule has 0 spiro atoms. The van der Waals surface area contributed by atoms with Gasteiger partial charge in [0, 0.05) is 6.92 Å². The first-order chi connectivity index (χ1) is 6.59. The summed E-state index contributed by atoms with van der Waals surface area (Å²) in [5.74, 6) is -0.561. The van der Waals surface area contributed by atoms with E-state index >= 15 is 0 Å². The first-order valence-corrected chi connectivity index (χ1v) is 4.16. The number of aryl methyl sites for hydroxylation is 1. The van der Waals surface area contributed by atoms with Gasteiger partial charge in [-0.05, 0) is 19.1 Å². The fourth-order valence-corrected chi connectivity index (χ4v) is 1.34. The number of ketones is 1. The van der Waals surface area contributed by atoms with E-state index in [1.165, 1.54) is 13.0 Å². The first-order valence-electron chi connectivity index (χ1n) is 4.16. The van der Waals surface area contributed by atoms with E-state index in [4.69, 9.17) is 4.42 Å². The Kier molecular flexibility index (Phi) is 1.84. The second-order valence-electron chi connectivity index (χ2n) is 3.06. The summed E-state index contributed by atoms with van der Waals surface area (Å²) in [5.41, 5.74) is 0.522. The summed E-state index contributed by atoms with van der Waals surface area (Å²) in [5, 5.41) is 0. The molecular weight excluding hydrogens is 185 g/mol. The van der Waals surface area contributed by atoms with Gasteiger partial charge >= 0.3 is 0 Å². The fraction of sp³-hybridized carbons (Fsp3) is 0.200. The Balaban J connectivity index is 2.80. The summed E-state index contributed by atoms with van der Waals surface area (Å²) in [6.07, 6.45) is 0. The van der Waals surface area contributed by atoms with E-state index in [-0.39, 0.29) is 16.9 Å². The first kappa shape index (κ1) is 8.87. The van der Waals surface area contributed by atoms with Crippen LogP contribution in [-0.2, 0) is 0 Å². The van der Waals surface area contributed by atoms with Gasteiger partial charge in [-0.3, -0.25) is 4.79 Å².